The Balaban J connectivity index is 1.89. The Morgan fingerprint density at radius 1 is 1.48 bits per heavy atom. The molecule has 112 valence electrons. The number of rotatable bonds is 3. The summed E-state index contributed by atoms with van der Waals surface area (Å²) in [6.07, 6.45) is 3.71. The maximum atomic E-state index is 13.9. The molecule has 3 heterocycles. The van der Waals surface area contributed by atoms with Gasteiger partial charge in [-0.15, -0.1) is 11.6 Å². The molecule has 4 nitrogen and oxygen atoms in total. The van der Waals surface area contributed by atoms with Gasteiger partial charge < -0.3 is 14.0 Å². The molecule has 3 atom stereocenters. The first-order valence-electron chi connectivity index (χ1n) is 7.17. The van der Waals surface area contributed by atoms with Gasteiger partial charge in [0.1, 0.15) is 5.82 Å². The minimum atomic E-state index is -0.403. The third-order valence-electron chi connectivity index (χ3n) is 4.56. The van der Waals surface area contributed by atoms with E-state index in [1.165, 1.54) is 13.2 Å². The van der Waals surface area contributed by atoms with Crippen LogP contribution in [0.2, 0.25) is 0 Å². The number of benzene rings is 1. The molecule has 0 saturated carbocycles. The molecule has 2 saturated heterocycles. The second-order valence-electron chi connectivity index (χ2n) is 5.68. The van der Waals surface area contributed by atoms with Crippen molar-refractivity contribution in [2.45, 2.75) is 43.4 Å². The maximum Gasteiger partial charge on any atom is 0.167 e. The van der Waals surface area contributed by atoms with E-state index >= 15 is 0 Å². The molecule has 2 aliphatic rings. The highest BCUT2D eigenvalue weighted by Gasteiger charge is 2.43. The van der Waals surface area contributed by atoms with Crippen LogP contribution in [0.3, 0.4) is 0 Å². The van der Waals surface area contributed by atoms with Crippen LogP contribution in [0.5, 0.6) is 5.75 Å². The summed E-state index contributed by atoms with van der Waals surface area (Å²) in [5.74, 6) is 0.890. The van der Waals surface area contributed by atoms with E-state index in [1.807, 2.05) is 0 Å². The van der Waals surface area contributed by atoms with E-state index in [0.29, 0.717) is 17.5 Å². The van der Waals surface area contributed by atoms with Gasteiger partial charge in [0.05, 0.1) is 42.3 Å². The van der Waals surface area contributed by atoms with Gasteiger partial charge in [-0.25, -0.2) is 9.37 Å². The predicted molar refractivity (Wildman–Crippen MR) is 77.3 cm³/mol. The van der Waals surface area contributed by atoms with Gasteiger partial charge in [0.15, 0.2) is 11.6 Å². The number of halogens is 2. The molecule has 2 bridgehead atoms. The van der Waals surface area contributed by atoms with Crippen LogP contribution in [0.4, 0.5) is 4.39 Å². The zero-order chi connectivity index (χ0) is 14.6. The van der Waals surface area contributed by atoms with Gasteiger partial charge in [-0.1, -0.05) is 0 Å². The number of hydrogen-bond acceptors (Lipinski definition) is 3. The second kappa shape index (κ2) is 4.85. The highest BCUT2D eigenvalue weighted by atomic mass is 35.5. The minimum absolute atomic E-state index is 0.213. The standard InChI is InChI=1S/C15H16ClFN2O2/c1-20-14-6-11-10(5-9(14)17)18-15(7-16)19(11)12-4-8-2-3-13(12)21-8/h5-6,8,12-13H,2-4,7H2,1H3. The first-order valence-corrected chi connectivity index (χ1v) is 7.70. The van der Waals surface area contributed by atoms with Gasteiger partial charge in [-0.2, -0.15) is 0 Å². The fraction of sp³-hybridized carbons (Fsp3) is 0.533. The van der Waals surface area contributed by atoms with Gasteiger partial charge >= 0.3 is 0 Å². The number of alkyl halides is 1. The van der Waals surface area contributed by atoms with Crippen LogP contribution >= 0.6 is 11.6 Å². The predicted octanol–water partition coefficient (Wildman–Crippen LogP) is 3.42. The van der Waals surface area contributed by atoms with Crippen molar-refractivity contribution in [2.75, 3.05) is 7.11 Å². The second-order valence-corrected chi connectivity index (χ2v) is 5.95. The molecule has 2 aromatic rings. The van der Waals surface area contributed by atoms with Gasteiger partial charge in [0.25, 0.3) is 0 Å². The van der Waals surface area contributed by atoms with E-state index in [2.05, 4.69) is 9.55 Å². The summed E-state index contributed by atoms with van der Waals surface area (Å²) in [6, 6.07) is 3.35. The normalized spacial score (nSPS) is 27.7. The molecule has 21 heavy (non-hydrogen) atoms. The lowest BCUT2D eigenvalue weighted by molar-refractivity contribution is 0.0940. The molecular weight excluding hydrogens is 295 g/mol. The number of ether oxygens (including phenoxy) is 2. The van der Waals surface area contributed by atoms with Crippen molar-refractivity contribution >= 4 is 22.6 Å². The fourth-order valence-electron chi connectivity index (χ4n) is 3.65. The maximum absolute atomic E-state index is 13.9. The van der Waals surface area contributed by atoms with Crippen LogP contribution in [0.1, 0.15) is 31.1 Å². The first kappa shape index (κ1) is 13.3. The van der Waals surface area contributed by atoms with Gasteiger partial charge in [-0.05, 0) is 19.3 Å². The molecule has 6 heteroatoms. The number of nitrogens with zero attached hydrogens (tertiary/aromatic N) is 2. The average molecular weight is 311 g/mol. The van der Waals surface area contributed by atoms with Crippen molar-refractivity contribution in [3.05, 3.63) is 23.8 Å². The molecule has 0 spiro atoms. The number of hydrogen-bond donors (Lipinski definition) is 0. The summed E-state index contributed by atoms with van der Waals surface area (Å²) in [4.78, 5) is 4.48. The molecule has 0 amide bonds. The van der Waals surface area contributed by atoms with Crippen LogP contribution in [-0.4, -0.2) is 28.9 Å². The highest BCUT2D eigenvalue weighted by molar-refractivity contribution is 6.16. The number of imidazole rings is 1. The molecule has 0 N–H and O–H groups in total. The molecule has 0 aliphatic carbocycles. The van der Waals surface area contributed by atoms with Crippen LogP contribution in [0, 0.1) is 5.82 Å². The molecule has 1 aromatic carbocycles. The summed E-state index contributed by atoms with van der Waals surface area (Å²) >= 11 is 6.05. The first-order chi connectivity index (χ1) is 10.2. The Hall–Kier alpha value is -1.33. The smallest absolute Gasteiger partial charge is 0.167 e. The molecule has 2 fully saturated rings. The monoisotopic (exact) mass is 310 g/mol. The fourth-order valence-corrected chi connectivity index (χ4v) is 3.84. The van der Waals surface area contributed by atoms with Crippen LogP contribution in [-0.2, 0) is 10.6 Å². The molecule has 0 radical (unpaired) electrons. The summed E-state index contributed by atoms with van der Waals surface area (Å²) in [5.41, 5.74) is 1.48. The largest absolute Gasteiger partial charge is 0.494 e. The van der Waals surface area contributed by atoms with E-state index in [9.17, 15) is 4.39 Å². The molecule has 4 rings (SSSR count). The van der Waals surface area contributed by atoms with Crippen molar-refractivity contribution in [3.63, 3.8) is 0 Å². The number of fused-ring (bicyclic) bond motifs is 3. The summed E-state index contributed by atoms with van der Waals surface area (Å²) in [5, 5.41) is 0. The van der Waals surface area contributed by atoms with E-state index in [-0.39, 0.29) is 17.9 Å². The third-order valence-corrected chi connectivity index (χ3v) is 4.80. The lowest BCUT2D eigenvalue weighted by atomic mass is 9.95. The van der Waals surface area contributed by atoms with Gasteiger partial charge in [0, 0.05) is 12.1 Å². The van der Waals surface area contributed by atoms with Crippen LogP contribution in [0.15, 0.2) is 12.1 Å². The summed E-state index contributed by atoms with van der Waals surface area (Å²) < 4.78 is 27.0. The van der Waals surface area contributed by atoms with Gasteiger partial charge in [-0.3, -0.25) is 0 Å². The van der Waals surface area contributed by atoms with Gasteiger partial charge in [0.2, 0.25) is 0 Å². The van der Waals surface area contributed by atoms with Crippen molar-refractivity contribution in [3.8, 4) is 5.75 Å². The summed E-state index contributed by atoms with van der Waals surface area (Å²) in [6.45, 7) is 0. The molecule has 2 aliphatic heterocycles. The van der Waals surface area contributed by atoms with Crippen molar-refractivity contribution in [1.82, 2.24) is 9.55 Å². The number of aromatic nitrogens is 2. The molecule has 3 unspecified atom stereocenters. The topological polar surface area (TPSA) is 36.3 Å². The Morgan fingerprint density at radius 2 is 2.33 bits per heavy atom. The number of methoxy groups -OCH3 is 1. The molecule has 1 aromatic heterocycles. The van der Waals surface area contributed by atoms with E-state index in [4.69, 9.17) is 21.1 Å². The Bertz CT molecular complexity index is 703. The van der Waals surface area contributed by atoms with Crippen LogP contribution < -0.4 is 4.74 Å². The third kappa shape index (κ3) is 1.94. The van der Waals surface area contributed by atoms with E-state index in [0.717, 1.165) is 30.6 Å². The quantitative estimate of drug-likeness (QED) is 0.815. The highest BCUT2D eigenvalue weighted by Crippen LogP contribution is 2.44. The van der Waals surface area contributed by atoms with Crippen LogP contribution in [0.25, 0.3) is 11.0 Å². The zero-order valence-corrected chi connectivity index (χ0v) is 12.4. The Kier molecular flexibility index (Phi) is 3.08. The molecular formula is C15H16ClFN2O2. The Labute approximate surface area is 126 Å². The van der Waals surface area contributed by atoms with Crippen molar-refractivity contribution in [2.24, 2.45) is 0 Å². The zero-order valence-electron chi connectivity index (χ0n) is 11.7. The lowest BCUT2D eigenvalue weighted by Crippen LogP contribution is -2.22. The van der Waals surface area contributed by atoms with E-state index in [1.54, 1.807) is 6.07 Å². The minimum Gasteiger partial charge on any atom is -0.494 e. The summed E-state index contributed by atoms with van der Waals surface area (Å²) in [7, 11) is 1.47. The van der Waals surface area contributed by atoms with Crippen molar-refractivity contribution in [1.29, 1.82) is 0 Å². The Morgan fingerprint density at radius 3 is 2.95 bits per heavy atom. The lowest BCUT2D eigenvalue weighted by Gasteiger charge is -2.23. The SMILES string of the molecule is COc1cc2c(cc1F)nc(CCl)n2C1CC2CCC1O2. The van der Waals surface area contributed by atoms with E-state index < -0.39 is 5.82 Å². The van der Waals surface area contributed by atoms with Crippen molar-refractivity contribution < 1.29 is 13.9 Å². The average Bonchev–Trinajstić information content (AvgIpc) is 3.18.